The maximum Gasteiger partial charge on any atom is 0.253 e. The van der Waals surface area contributed by atoms with Gasteiger partial charge in [0.2, 0.25) is 5.88 Å². The summed E-state index contributed by atoms with van der Waals surface area (Å²) in [7, 11) is 2.17. The van der Waals surface area contributed by atoms with Crippen molar-refractivity contribution in [3.63, 3.8) is 0 Å². The van der Waals surface area contributed by atoms with Gasteiger partial charge in [-0.3, -0.25) is 4.90 Å². The zero-order valence-corrected chi connectivity index (χ0v) is 13.4. The van der Waals surface area contributed by atoms with E-state index >= 15 is 0 Å². The van der Waals surface area contributed by atoms with Crippen molar-refractivity contribution in [2.45, 2.75) is 25.3 Å². The highest BCUT2D eigenvalue weighted by Gasteiger charge is 2.31. The Hall–Kier alpha value is -1.99. The minimum Gasteiger partial charge on any atom is -0.493 e. The van der Waals surface area contributed by atoms with Crippen LogP contribution in [0.15, 0.2) is 18.5 Å². The molecule has 0 aromatic carbocycles. The Labute approximate surface area is 135 Å². The van der Waals surface area contributed by atoms with Crippen LogP contribution in [0.3, 0.4) is 0 Å². The van der Waals surface area contributed by atoms with E-state index in [1.807, 2.05) is 0 Å². The van der Waals surface area contributed by atoms with Crippen LogP contribution in [0.2, 0.25) is 0 Å². The van der Waals surface area contributed by atoms with Crippen molar-refractivity contribution < 1.29 is 5.11 Å². The first kappa shape index (κ1) is 14.6. The van der Waals surface area contributed by atoms with Gasteiger partial charge in [0.15, 0.2) is 0 Å². The number of hydrogen-bond donors (Lipinski definition) is 1. The number of hydrogen-bond acceptors (Lipinski definition) is 6. The van der Waals surface area contributed by atoms with Crippen LogP contribution in [-0.2, 0) is 12.8 Å². The van der Waals surface area contributed by atoms with Gasteiger partial charge >= 0.3 is 0 Å². The topological polar surface area (TPSA) is 70.3 Å². The first-order chi connectivity index (χ1) is 11.2. The standard InChI is InChI=1S/C16H22N6O/c1-20-7-9-21(10-8-20)12-3-4-14-13(11-12)15(23)22(19-14)16-17-5-2-6-18-16/h2,5-6,12,23H,3-4,7-11H2,1H3. The Bertz CT molecular complexity index is 677. The van der Waals surface area contributed by atoms with E-state index in [2.05, 4.69) is 31.9 Å². The van der Waals surface area contributed by atoms with Crippen molar-refractivity contribution in [3.8, 4) is 11.8 Å². The van der Waals surface area contributed by atoms with Crippen LogP contribution in [0.1, 0.15) is 17.7 Å². The van der Waals surface area contributed by atoms with Gasteiger partial charge < -0.3 is 10.0 Å². The van der Waals surface area contributed by atoms with Gasteiger partial charge in [-0.05, 0) is 32.4 Å². The first-order valence-electron chi connectivity index (χ1n) is 8.22. The molecule has 7 heteroatoms. The fraction of sp³-hybridized carbons (Fsp3) is 0.562. The third-order valence-corrected chi connectivity index (χ3v) is 4.99. The van der Waals surface area contributed by atoms with Crippen molar-refractivity contribution in [1.29, 1.82) is 0 Å². The Morgan fingerprint density at radius 3 is 2.61 bits per heavy atom. The van der Waals surface area contributed by atoms with Gasteiger partial charge in [0.1, 0.15) is 0 Å². The van der Waals surface area contributed by atoms with E-state index in [1.165, 1.54) is 4.68 Å². The predicted octanol–water partition coefficient (Wildman–Crippen LogP) is 0.473. The van der Waals surface area contributed by atoms with Gasteiger partial charge in [0.25, 0.3) is 5.95 Å². The Morgan fingerprint density at radius 2 is 1.87 bits per heavy atom. The normalized spacial score (nSPS) is 22.9. The highest BCUT2D eigenvalue weighted by molar-refractivity contribution is 5.37. The van der Waals surface area contributed by atoms with Crippen LogP contribution in [0, 0.1) is 0 Å². The molecule has 0 radical (unpaired) electrons. The van der Waals surface area contributed by atoms with E-state index in [4.69, 9.17) is 0 Å². The molecule has 7 nitrogen and oxygen atoms in total. The molecule has 1 aliphatic carbocycles. The van der Waals surface area contributed by atoms with Crippen molar-refractivity contribution in [2.75, 3.05) is 33.2 Å². The van der Waals surface area contributed by atoms with Crippen LogP contribution in [-0.4, -0.2) is 73.9 Å². The fourth-order valence-electron chi connectivity index (χ4n) is 3.58. The molecule has 1 atom stereocenters. The number of likely N-dealkylation sites (N-methyl/N-ethyl adjacent to an activating group) is 1. The molecule has 4 rings (SSSR count). The predicted molar refractivity (Wildman–Crippen MR) is 85.7 cm³/mol. The first-order valence-corrected chi connectivity index (χ1v) is 8.22. The Kier molecular flexibility index (Phi) is 3.74. The molecule has 1 unspecified atom stereocenters. The van der Waals surface area contributed by atoms with E-state index in [1.54, 1.807) is 18.5 Å². The fourth-order valence-corrected chi connectivity index (χ4v) is 3.58. The van der Waals surface area contributed by atoms with Crippen molar-refractivity contribution >= 4 is 0 Å². The lowest BCUT2D eigenvalue weighted by Gasteiger charge is -2.39. The Morgan fingerprint density at radius 1 is 1.13 bits per heavy atom. The summed E-state index contributed by atoms with van der Waals surface area (Å²) < 4.78 is 1.47. The van der Waals surface area contributed by atoms with Gasteiger partial charge in [-0.15, -0.1) is 0 Å². The number of fused-ring (bicyclic) bond motifs is 1. The van der Waals surface area contributed by atoms with E-state index in [9.17, 15) is 5.11 Å². The van der Waals surface area contributed by atoms with Gasteiger partial charge in [0.05, 0.1) is 5.69 Å². The SMILES string of the molecule is CN1CCN(C2CCc3nn(-c4ncccn4)c(O)c3C2)CC1. The summed E-state index contributed by atoms with van der Waals surface area (Å²) in [5.41, 5.74) is 1.95. The number of nitrogens with zero attached hydrogens (tertiary/aromatic N) is 6. The Balaban J connectivity index is 1.57. The van der Waals surface area contributed by atoms with Gasteiger partial charge in [-0.1, -0.05) is 0 Å². The van der Waals surface area contributed by atoms with Crippen LogP contribution in [0.4, 0.5) is 0 Å². The average Bonchev–Trinajstić information content (AvgIpc) is 2.93. The largest absolute Gasteiger partial charge is 0.493 e. The third-order valence-electron chi connectivity index (χ3n) is 4.99. The van der Waals surface area contributed by atoms with Gasteiger partial charge in [-0.25, -0.2) is 9.97 Å². The van der Waals surface area contributed by atoms with Crippen LogP contribution in [0.25, 0.3) is 5.95 Å². The maximum absolute atomic E-state index is 10.6. The molecule has 0 spiro atoms. The number of aryl methyl sites for hydroxylation is 1. The van der Waals surface area contributed by atoms with Crippen LogP contribution >= 0.6 is 0 Å². The van der Waals surface area contributed by atoms with E-state index in [0.717, 1.165) is 56.7 Å². The molecule has 1 saturated heterocycles. The second-order valence-electron chi connectivity index (χ2n) is 6.45. The molecular formula is C16H22N6O. The zero-order chi connectivity index (χ0) is 15.8. The molecule has 1 fully saturated rings. The molecule has 0 saturated carbocycles. The third kappa shape index (κ3) is 2.70. The molecule has 0 amide bonds. The highest BCUT2D eigenvalue weighted by Crippen LogP contribution is 2.32. The summed E-state index contributed by atoms with van der Waals surface area (Å²) in [5, 5.41) is 15.1. The number of piperazine rings is 1. The molecule has 1 aliphatic heterocycles. The average molecular weight is 314 g/mol. The number of aromatic hydroxyl groups is 1. The van der Waals surface area contributed by atoms with Crippen molar-refractivity contribution in [1.82, 2.24) is 29.5 Å². The molecule has 2 aromatic heterocycles. The summed E-state index contributed by atoms with van der Waals surface area (Å²) in [5.74, 6) is 0.626. The number of rotatable bonds is 2. The molecule has 1 N–H and O–H groups in total. The van der Waals surface area contributed by atoms with Crippen LogP contribution < -0.4 is 0 Å². The minimum absolute atomic E-state index is 0.199. The lowest BCUT2D eigenvalue weighted by Crippen LogP contribution is -2.50. The van der Waals surface area contributed by atoms with Crippen molar-refractivity contribution in [3.05, 3.63) is 29.7 Å². The second kappa shape index (κ2) is 5.90. The monoisotopic (exact) mass is 314 g/mol. The minimum atomic E-state index is 0.199. The van der Waals surface area contributed by atoms with E-state index in [0.29, 0.717) is 12.0 Å². The lowest BCUT2D eigenvalue weighted by molar-refractivity contribution is 0.103. The van der Waals surface area contributed by atoms with Gasteiger partial charge in [0, 0.05) is 50.2 Å². The molecule has 122 valence electrons. The molecule has 0 bridgehead atoms. The van der Waals surface area contributed by atoms with Crippen molar-refractivity contribution in [2.24, 2.45) is 0 Å². The summed E-state index contributed by atoms with van der Waals surface area (Å²) in [6.07, 6.45) is 6.19. The molecule has 3 heterocycles. The maximum atomic E-state index is 10.6. The van der Waals surface area contributed by atoms with Gasteiger partial charge in [-0.2, -0.15) is 9.78 Å². The molecular weight excluding hydrogens is 292 g/mol. The van der Waals surface area contributed by atoms with Crippen LogP contribution in [0.5, 0.6) is 5.88 Å². The quantitative estimate of drug-likeness (QED) is 0.869. The van der Waals surface area contributed by atoms with E-state index < -0.39 is 0 Å². The zero-order valence-electron chi connectivity index (χ0n) is 13.4. The second-order valence-corrected chi connectivity index (χ2v) is 6.45. The highest BCUT2D eigenvalue weighted by atomic mass is 16.3. The number of aromatic nitrogens is 4. The molecule has 2 aromatic rings. The smallest absolute Gasteiger partial charge is 0.253 e. The summed E-state index contributed by atoms with van der Waals surface area (Å²) >= 11 is 0. The van der Waals surface area contributed by atoms with E-state index in [-0.39, 0.29) is 5.88 Å². The summed E-state index contributed by atoms with van der Waals surface area (Å²) in [6, 6.07) is 2.25. The lowest BCUT2D eigenvalue weighted by atomic mass is 9.91. The molecule has 23 heavy (non-hydrogen) atoms. The summed E-state index contributed by atoms with van der Waals surface area (Å²) in [6.45, 7) is 4.44. The molecule has 2 aliphatic rings. The summed E-state index contributed by atoms with van der Waals surface area (Å²) in [4.78, 5) is 13.3.